The third kappa shape index (κ3) is 3.46. The Morgan fingerprint density at radius 1 is 0.920 bits per heavy atom. The van der Waals surface area contributed by atoms with Gasteiger partial charge in [0.1, 0.15) is 0 Å². The molecule has 1 amide bonds. The highest BCUT2D eigenvalue weighted by molar-refractivity contribution is 5.95. The molecule has 0 aliphatic carbocycles. The van der Waals surface area contributed by atoms with Gasteiger partial charge in [0.25, 0.3) is 5.91 Å². The molecule has 1 spiro atoms. The van der Waals surface area contributed by atoms with E-state index in [4.69, 9.17) is 9.47 Å². The quantitative estimate of drug-likeness (QED) is 0.863. The monoisotopic (exact) mass is 337 g/mol. The van der Waals surface area contributed by atoms with E-state index in [1.54, 1.807) is 0 Å². The molecule has 4 rings (SSSR count). The van der Waals surface area contributed by atoms with Crippen molar-refractivity contribution >= 4 is 5.91 Å². The minimum Gasteiger partial charge on any atom is -0.347 e. The Morgan fingerprint density at radius 3 is 2.28 bits per heavy atom. The van der Waals surface area contributed by atoms with E-state index in [-0.39, 0.29) is 5.91 Å². The lowest BCUT2D eigenvalue weighted by Crippen LogP contribution is -2.47. The SMILES string of the molecule is O=C(c1ccccc1Cc1ccccc1)N1CCC2(CC1)OCCO2. The van der Waals surface area contributed by atoms with Gasteiger partial charge < -0.3 is 14.4 Å². The highest BCUT2D eigenvalue weighted by atomic mass is 16.7. The maximum atomic E-state index is 13.1. The molecule has 2 aliphatic heterocycles. The molecular formula is C21H23NO3. The number of likely N-dealkylation sites (tertiary alicyclic amines) is 1. The second-order valence-electron chi connectivity index (χ2n) is 6.72. The van der Waals surface area contributed by atoms with Gasteiger partial charge in [0.2, 0.25) is 0 Å². The number of ether oxygens (including phenoxy) is 2. The van der Waals surface area contributed by atoms with Crippen LogP contribution in [-0.2, 0) is 15.9 Å². The Labute approximate surface area is 148 Å². The fraction of sp³-hybridized carbons (Fsp3) is 0.381. The molecule has 0 unspecified atom stereocenters. The summed E-state index contributed by atoms with van der Waals surface area (Å²) in [6.07, 6.45) is 2.27. The molecule has 2 aromatic rings. The molecule has 25 heavy (non-hydrogen) atoms. The fourth-order valence-corrected chi connectivity index (χ4v) is 3.71. The van der Waals surface area contributed by atoms with Crippen LogP contribution in [0.1, 0.15) is 34.3 Å². The van der Waals surface area contributed by atoms with Crippen molar-refractivity contribution in [1.82, 2.24) is 4.90 Å². The zero-order valence-corrected chi connectivity index (χ0v) is 14.3. The van der Waals surface area contributed by atoms with Gasteiger partial charge in [-0.25, -0.2) is 0 Å². The summed E-state index contributed by atoms with van der Waals surface area (Å²) in [5.74, 6) is -0.334. The van der Waals surface area contributed by atoms with Gasteiger partial charge in [-0.1, -0.05) is 48.5 Å². The topological polar surface area (TPSA) is 38.8 Å². The van der Waals surface area contributed by atoms with E-state index in [1.165, 1.54) is 5.56 Å². The van der Waals surface area contributed by atoms with Gasteiger partial charge in [0.15, 0.2) is 5.79 Å². The maximum absolute atomic E-state index is 13.1. The van der Waals surface area contributed by atoms with Crippen molar-refractivity contribution in [1.29, 1.82) is 0 Å². The van der Waals surface area contributed by atoms with Crippen molar-refractivity contribution in [2.24, 2.45) is 0 Å². The molecule has 2 saturated heterocycles. The molecule has 4 nitrogen and oxygen atoms in total. The van der Waals surface area contributed by atoms with Crippen LogP contribution in [0.15, 0.2) is 54.6 Å². The van der Waals surface area contributed by atoms with Crippen molar-refractivity contribution < 1.29 is 14.3 Å². The molecule has 2 heterocycles. The number of carbonyl (C=O) groups excluding carboxylic acids is 1. The molecule has 130 valence electrons. The van der Waals surface area contributed by atoms with Gasteiger partial charge in [0, 0.05) is 31.5 Å². The van der Waals surface area contributed by atoms with Crippen molar-refractivity contribution in [3.05, 3.63) is 71.3 Å². The first-order valence-corrected chi connectivity index (χ1v) is 8.95. The number of benzene rings is 2. The molecule has 0 bridgehead atoms. The van der Waals surface area contributed by atoms with Gasteiger partial charge in [-0.05, 0) is 23.6 Å². The number of hydrogen-bond donors (Lipinski definition) is 0. The van der Waals surface area contributed by atoms with E-state index in [9.17, 15) is 4.79 Å². The Bertz CT molecular complexity index is 728. The van der Waals surface area contributed by atoms with Crippen LogP contribution in [0.25, 0.3) is 0 Å². The molecule has 0 radical (unpaired) electrons. The van der Waals surface area contributed by atoms with Crippen molar-refractivity contribution in [2.75, 3.05) is 26.3 Å². The van der Waals surface area contributed by atoms with Crippen LogP contribution in [0.4, 0.5) is 0 Å². The molecule has 2 aromatic carbocycles. The van der Waals surface area contributed by atoms with Crippen LogP contribution in [0.3, 0.4) is 0 Å². The summed E-state index contributed by atoms with van der Waals surface area (Å²) in [5, 5.41) is 0. The number of piperidine rings is 1. The first-order valence-electron chi connectivity index (χ1n) is 8.95. The second-order valence-corrected chi connectivity index (χ2v) is 6.72. The van der Waals surface area contributed by atoms with E-state index in [2.05, 4.69) is 18.2 Å². The summed E-state index contributed by atoms with van der Waals surface area (Å²) >= 11 is 0. The molecule has 0 atom stereocenters. The largest absolute Gasteiger partial charge is 0.347 e. The zero-order valence-electron chi connectivity index (χ0n) is 14.3. The van der Waals surface area contributed by atoms with Crippen LogP contribution < -0.4 is 0 Å². The lowest BCUT2D eigenvalue weighted by molar-refractivity contribution is -0.181. The van der Waals surface area contributed by atoms with E-state index in [0.29, 0.717) is 26.3 Å². The first kappa shape index (κ1) is 16.3. The third-order valence-electron chi connectivity index (χ3n) is 5.11. The summed E-state index contributed by atoms with van der Waals surface area (Å²) in [4.78, 5) is 15.0. The lowest BCUT2D eigenvalue weighted by Gasteiger charge is -2.37. The number of carbonyl (C=O) groups is 1. The van der Waals surface area contributed by atoms with Gasteiger partial charge >= 0.3 is 0 Å². The second kappa shape index (κ2) is 6.98. The fourth-order valence-electron chi connectivity index (χ4n) is 3.71. The minimum atomic E-state index is -0.444. The predicted octanol–water partition coefficient (Wildman–Crippen LogP) is 3.26. The number of amides is 1. The van der Waals surface area contributed by atoms with Crippen molar-refractivity contribution in [2.45, 2.75) is 25.0 Å². The Kier molecular flexibility index (Phi) is 4.55. The van der Waals surface area contributed by atoms with Gasteiger partial charge in [-0.3, -0.25) is 4.79 Å². The van der Waals surface area contributed by atoms with Gasteiger partial charge in [-0.2, -0.15) is 0 Å². The normalized spacial score (nSPS) is 19.3. The average molecular weight is 337 g/mol. The molecule has 0 aromatic heterocycles. The van der Waals surface area contributed by atoms with Gasteiger partial charge in [-0.15, -0.1) is 0 Å². The molecular weight excluding hydrogens is 314 g/mol. The third-order valence-corrected chi connectivity index (χ3v) is 5.11. The van der Waals surface area contributed by atoms with Crippen LogP contribution in [0.2, 0.25) is 0 Å². The van der Waals surface area contributed by atoms with Gasteiger partial charge in [0.05, 0.1) is 13.2 Å². The standard InChI is InChI=1S/C21H23NO3/c23-20(22-12-10-21(11-13-22)24-14-15-25-21)19-9-5-4-8-18(19)16-17-6-2-1-3-7-17/h1-9H,10-16H2. The molecule has 2 fully saturated rings. The molecule has 2 aliphatic rings. The van der Waals surface area contributed by atoms with Crippen molar-refractivity contribution in [3.63, 3.8) is 0 Å². The van der Waals surface area contributed by atoms with E-state index >= 15 is 0 Å². The Morgan fingerprint density at radius 2 is 1.56 bits per heavy atom. The van der Waals surface area contributed by atoms with Crippen LogP contribution >= 0.6 is 0 Å². The summed E-state index contributed by atoms with van der Waals surface area (Å²) in [6.45, 7) is 2.68. The number of hydrogen-bond acceptors (Lipinski definition) is 3. The Balaban J connectivity index is 1.49. The van der Waals surface area contributed by atoms with E-state index in [1.807, 2.05) is 41.3 Å². The summed E-state index contributed by atoms with van der Waals surface area (Å²) in [6, 6.07) is 18.2. The number of nitrogens with zero attached hydrogens (tertiary/aromatic N) is 1. The first-order chi connectivity index (χ1) is 12.3. The van der Waals surface area contributed by atoms with E-state index in [0.717, 1.165) is 30.4 Å². The molecule has 0 N–H and O–H groups in total. The lowest BCUT2D eigenvalue weighted by atomic mass is 9.97. The highest BCUT2D eigenvalue weighted by Gasteiger charge is 2.41. The highest BCUT2D eigenvalue weighted by Crippen LogP contribution is 2.32. The molecule has 0 saturated carbocycles. The predicted molar refractivity (Wildman–Crippen MR) is 95.5 cm³/mol. The smallest absolute Gasteiger partial charge is 0.254 e. The van der Waals surface area contributed by atoms with Crippen molar-refractivity contribution in [3.8, 4) is 0 Å². The van der Waals surface area contributed by atoms with Crippen LogP contribution in [0.5, 0.6) is 0 Å². The summed E-state index contributed by atoms with van der Waals surface area (Å²) < 4.78 is 11.5. The Hall–Kier alpha value is -2.17. The maximum Gasteiger partial charge on any atom is 0.254 e. The van der Waals surface area contributed by atoms with Crippen LogP contribution in [0, 0.1) is 0 Å². The average Bonchev–Trinajstić information content (AvgIpc) is 3.11. The minimum absolute atomic E-state index is 0.111. The summed E-state index contributed by atoms with van der Waals surface area (Å²) in [7, 11) is 0. The molecule has 4 heteroatoms. The summed E-state index contributed by atoms with van der Waals surface area (Å²) in [5.41, 5.74) is 3.09. The van der Waals surface area contributed by atoms with E-state index < -0.39 is 5.79 Å². The zero-order chi connectivity index (χ0) is 17.1. The van der Waals surface area contributed by atoms with Crippen LogP contribution in [-0.4, -0.2) is 42.9 Å². The number of rotatable bonds is 3.